The number of benzene rings is 7. The summed E-state index contributed by atoms with van der Waals surface area (Å²) in [6.45, 7) is 0. The first kappa shape index (κ1) is 32.0. The molecule has 0 atom stereocenters. The first-order valence-electron chi connectivity index (χ1n) is 19.5. The second kappa shape index (κ2) is 12.2. The maximum absolute atomic E-state index is 5.01. The molecular formula is C52H30N4S2. The normalized spacial score (nSPS) is 12.1. The molecule has 7 aromatic carbocycles. The van der Waals surface area contributed by atoms with Crippen LogP contribution < -0.4 is 0 Å². The van der Waals surface area contributed by atoms with Crippen LogP contribution >= 0.6 is 22.7 Å². The Morgan fingerprint density at radius 1 is 0.362 bits per heavy atom. The van der Waals surface area contributed by atoms with E-state index < -0.39 is 0 Å². The fourth-order valence-electron chi connectivity index (χ4n) is 9.35. The smallest absolute Gasteiger partial charge is 0.0780 e. The van der Waals surface area contributed by atoms with Gasteiger partial charge in [0.1, 0.15) is 0 Å². The summed E-state index contributed by atoms with van der Waals surface area (Å²) in [7, 11) is 0. The second-order valence-corrected chi connectivity index (χ2v) is 17.0. The molecular weight excluding hydrogens is 745 g/mol. The number of aromatic nitrogens is 4. The van der Waals surface area contributed by atoms with Crippen molar-refractivity contribution in [3.05, 3.63) is 182 Å². The summed E-state index contributed by atoms with van der Waals surface area (Å²) in [5, 5.41) is 5.05. The highest BCUT2D eigenvalue weighted by molar-refractivity contribution is 7.27. The number of pyridine rings is 2. The summed E-state index contributed by atoms with van der Waals surface area (Å²) in [6.07, 6.45) is 3.82. The van der Waals surface area contributed by atoms with E-state index in [4.69, 9.17) is 9.97 Å². The average molecular weight is 775 g/mol. The van der Waals surface area contributed by atoms with Crippen molar-refractivity contribution in [2.24, 2.45) is 0 Å². The molecule has 58 heavy (non-hydrogen) atoms. The summed E-state index contributed by atoms with van der Waals surface area (Å²) in [4.78, 5) is 10.0. The van der Waals surface area contributed by atoms with Crippen molar-refractivity contribution >= 4 is 96.1 Å². The van der Waals surface area contributed by atoms with Crippen LogP contribution in [-0.4, -0.2) is 18.8 Å². The van der Waals surface area contributed by atoms with E-state index in [9.17, 15) is 0 Å². The van der Waals surface area contributed by atoms with Crippen molar-refractivity contribution in [3.63, 3.8) is 0 Å². The molecule has 13 aromatic rings. The summed E-state index contributed by atoms with van der Waals surface area (Å²) in [5.74, 6) is 0. The molecule has 0 saturated carbocycles. The molecule has 0 saturated heterocycles. The molecule has 4 nitrogen and oxygen atoms in total. The number of para-hydroxylation sites is 2. The molecule has 0 unspecified atom stereocenters. The Labute approximate surface area is 340 Å². The van der Waals surface area contributed by atoms with Crippen LogP contribution in [0.5, 0.6) is 0 Å². The fourth-order valence-corrected chi connectivity index (χ4v) is 11.8. The van der Waals surface area contributed by atoms with Crippen molar-refractivity contribution in [2.75, 3.05) is 0 Å². The van der Waals surface area contributed by atoms with Gasteiger partial charge >= 0.3 is 0 Å². The highest BCUT2D eigenvalue weighted by atomic mass is 32.1. The highest BCUT2D eigenvalue weighted by Crippen LogP contribution is 2.51. The first-order chi connectivity index (χ1) is 28.8. The van der Waals surface area contributed by atoms with E-state index in [1.165, 1.54) is 73.4 Å². The van der Waals surface area contributed by atoms with E-state index in [0.717, 1.165) is 44.8 Å². The largest absolute Gasteiger partial charge is 0.306 e. The third-order valence-electron chi connectivity index (χ3n) is 11.8. The van der Waals surface area contributed by atoms with Gasteiger partial charge in [0.05, 0.1) is 63.3 Å². The summed E-state index contributed by atoms with van der Waals surface area (Å²) >= 11 is 3.81. The standard InChI is InChI=1S/C52H30N4S2/c1-3-13-31(14-4-1)35-17-11-27-53-47(35)33-23-25-39-37(29-33)45-49-52(58-43-21-9-7-19-41(43)55(39)49)46-38-30-34(48-36(18-12-28-54-48)32-15-5-2-6-16-32)24-26-40(38)56-42-20-8-10-22-44(42)57-51(45)50(46)56/h1-30H. The van der Waals surface area contributed by atoms with Crippen LogP contribution in [0.15, 0.2) is 182 Å². The lowest BCUT2D eigenvalue weighted by molar-refractivity contribution is 1.32. The number of hydrogen-bond acceptors (Lipinski definition) is 4. The number of hydrogen-bond donors (Lipinski definition) is 0. The summed E-state index contributed by atoms with van der Waals surface area (Å²) < 4.78 is 10.1. The van der Waals surface area contributed by atoms with E-state index in [0.29, 0.717) is 0 Å². The van der Waals surface area contributed by atoms with Gasteiger partial charge < -0.3 is 8.80 Å². The minimum atomic E-state index is 0.986. The minimum absolute atomic E-state index is 0.986. The molecule has 0 radical (unpaired) electrons. The van der Waals surface area contributed by atoms with Gasteiger partial charge in [0.25, 0.3) is 0 Å². The van der Waals surface area contributed by atoms with Crippen LogP contribution in [0.25, 0.3) is 118 Å². The van der Waals surface area contributed by atoms with E-state index in [1.54, 1.807) is 0 Å². The summed E-state index contributed by atoms with van der Waals surface area (Å²) in [5.41, 5.74) is 16.1. The van der Waals surface area contributed by atoms with Gasteiger partial charge in [-0.1, -0.05) is 109 Å². The Morgan fingerprint density at radius 3 is 1.26 bits per heavy atom. The Kier molecular flexibility index (Phi) is 6.73. The van der Waals surface area contributed by atoms with Crippen LogP contribution in [0.1, 0.15) is 0 Å². The molecule has 0 spiro atoms. The quantitative estimate of drug-likeness (QED) is 0.167. The Bertz CT molecular complexity index is 3540. The number of rotatable bonds is 4. The van der Waals surface area contributed by atoms with Crippen molar-refractivity contribution in [1.29, 1.82) is 0 Å². The van der Waals surface area contributed by atoms with Gasteiger partial charge in [-0.15, -0.1) is 22.7 Å². The lowest BCUT2D eigenvalue weighted by atomic mass is 9.97. The van der Waals surface area contributed by atoms with Gasteiger partial charge in [-0.05, 0) is 71.8 Å². The monoisotopic (exact) mass is 774 g/mol. The van der Waals surface area contributed by atoms with Crippen molar-refractivity contribution in [1.82, 2.24) is 18.8 Å². The van der Waals surface area contributed by atoms with Gasteiger partial charge in [0.2, 0.25) is 0 Å². The zero-order valence-electron chi connectivity index (χ0n) is 30.9. The molecule has 0 aliphatic carbocycles. The van der Waals surface area contributed by atoms with Crippen LogP contribution in [0.3, 0.4) is 0 Å². The zero-order valence-corrected chi connectivity index (χ0v) is 32.6. The van der Waals surface area contributed by atoms with Crippen LogP contribution in [0.2, 0.25) is 0 Å². The summed E-state index contributed by atoms with van der Waals surface area (Å²) in [6, 6.07) is 61.4. The molecule has 0 N–H and O–H groups in total. The molecule has 13 rings (SSSR count). The van der Waals surface area contributed by atoms with Crippen LogP contribution in [0, 0.1) is 0 Å². The first-order valence-corrected chi connectivity index (χ1v) is 21.1. The third-order valence-corrected chi connectivity index (χ3v) is 14.1. The van der Waals surface area contributed by atoms with Gasteiger partial charge in [-0.2, -0.15) is 0 Å². The Balaban J connectivity index is 1.21. The molecule has 0 fully saturated rings. The SMILES string of the molecule is c1ccc(-c2cccnc2-c2ccc3c(c2)c2c4sc5ccccc5n5c6ccc(-c7ncccc7-c7ccccc7)cc6c(c6sc7ccccc7n3c62)c45)cc1. The number of fused-ring (bicyclic) bond motifs is 12. The third kappa shape index (κ3) is 4.44. The van der Waals surface area contributed by atoms with E-state index in [2.05, 4.69) is 167 Å². The number of nitrogens with zero attached hydrogens (tertiary/aromatic N) is 4. The zero-order chi connectivity index (χ0) is 37.9. The van der Waals surface area contributed by atoms with Crippen molar-refractivity contribution in [2.45, 2.75) is 0 Å². The Hall–Kier alpha value is -7.12. The molecule has 6 heterocycles. The topological polar surface area (TPSA) is 34.6 Å². The molecule has 0 aliphatic rings. The van der Waals surface area contributed by atoms with Crippen molar-refractivity contribution in [3.8, 4) is 44.8 Å². The minimum Gasteiger partial charge on any atom is -0.306 e. The second-order valence-electron chi connectivity index (χ2n) is 14.9. The average Bonchev–Trinajstić information content (AvgIpc) is 3.83. The predicted molar refractivity (Wildman–Crippen MR) is 246 cm³/mol. The molecule has 0 bridgehead atoms. The van der Waals surface area contributed by atoms with Gasteiger partial charge in [0, 0.05) is 56.2 Å². The molecule has 6 heteroatoms. The highest BCUT2D eigenvalue weighted by Gasteiger charge is 2.26. The van der Waals surface area contributed by atoms with Crippen LogP contribution in [0.4, 0.5) is 0 Å². The van der Waals surface area contributed by atoms with Gasteiger partial charge in [-0.3, -0.25) is 9.97 Å². The van der Waals surface area contributed by atoms with Gasteiger partial charge in [0.15, 0.2) is 0 Å². The predicted octanol–water partition coefficient (Wildman–Crippen LogP) is 14.7. The Morgan fingerprint density at radius 2 is 0.793 bits per heavy atom. The van der Waals surface area contributed by atoms with Crippen molar-refractivity contribution < 1.29 is 0 Å². The maximum atomic E-state index is 5.01. The molecule has 6 aromatic heterocycles. The van der Waals surface area contributed by atoms with E-state index in [1.807, 2.05) is 47.2 Å². The van der Waals surface area contributed by atoms with E-state index in [-0.39, 0.29) is 0 Å². The fraction of sp³-hybridized carbons (Fsp3) is 0. The lowest BCUT2D eigenvalue weighted by Gasteiger charge is -2.11. The maximum Gasteiger partial charge on any atom is 0.0780 e. The molecule has 0 aliphatic heterocycles. The lowest BCUT2D eigenvalue weighted by Crippen LogP contribution is -1.91. The van der Waals surface area contributed by atoms with E-state index >= 15 is 0 Å². The molecule has 270 valence electrons. The molecule has 0 amide bonds. The van der Waals surface area contributed by atoms with Crippen LogP contribution in [-0.2, 0) is 0 Å². The van der Waals surface area contributed by atoms with Gasteiger partial charge in [-0.25, -0.2) is 0 Å².